The minimum Gasteiger partial charge on any atom is -0.294 e. The Labute approximate surface area is 116 Å². The van der Waals surface area contributed by atoms with Gasteiger partial charge in [0.2, 0.25) is 5.82 Å². The number of hydrogen-bond donors (Lipinski definition) is 1. The number of rotatable bonds is 3. The first-order chi connectivity index (χ1) is 9.33. The normalized spacial score (nSPS) is 16.4. The van der Waals surface area contributed by atoms with Gasteiger partial charge in [0.05, 0.1) is 0 Å². The van der Waals surface area contributed by atoms with Gasteiger partial charge in [0.1, 0.15) is 0 Å². The summed E-state index contributed by atoms with van der Waals surface area (Å²) in [5, 5.41) is 15.0. The standard InChI is InChI=1S/C13H14ClN5/c14-12-6-2-1-4-10(12)8-19-7-3-5-11(9-19)13-15-17-18-16-13/h1-2,4-6H,3,7-9H2,(H,15,16,17,18). The fourth-order valence-corrected chi connectivity index (χ4v) is 2.46. The Morgan fingerprint density at radius 1 is 1.32 bits per heavy atom. The van der Waals surface area contributed by atoms with Crippen LogP contribution >= 0.6 is 11.6 Å². The van der Waals surface area contributed by atoms with Crippen LogP contribution in [0.3, 0.4) is 0 Å². The lowest BCUT2D eigenvalue weighted by atomic mass is 10.1. The maximum Gasteiger partial charge on any atom is 0.201 e. The number of tetrazole rings is 1. The molecule has 3 rings (SSSR count). The van der Waals surface area contributed by atoms with E-state index < -0.39 is 0 Å². The molecule has 0 saturated carbocycles. The summed E-state index contributed by atoms with van der Waals surface area (Å²) in [5.74, 6) is 0.684. The summed E-state index contributed by atoms with van der Waals surface area (Å²) < 4.78 is 0. The summed E-state index contributed by atoms with van der Waals surface area (Å²) in [6.07, 6.45) is 3.17. The van der Waals surface area contributed by atoms with Crippen molar-refractivity contribution in [2.24, 2.45) is 0 Å². The van der Waals surface area contributed by atoms with Crippen molar-refractivity contribution in [2.45, 2.75) is 13.0 Å². The predicted octanol–water partition coefficient (Wildman–Crippen LogP) is 2.14. The highest BCUT2D eigenvalue weighted by Crippen LogP contribution is 2.22. The average Bonchev–Trinajstić information content (AvgIpc) is 2.96. The summed E-state index contributed by atoms with van der Waals surface area (Å²) >= 11 is 6.20. The molecule has 5 nitrogen and oxygen atoms in total. The number of nitrogens with one attached hydrogen (secondary N) is 1. The van der Waals surface area contributed by atoms with E-state index in [0.717, 1.165) is 42.2 Å². The van der Waals surface area contributed by atoms with E-state index in [0.29, 0.717) is 5.82 Å². The van der Waals surface area contributed by atoms with E-state index in [4.69, 9.17) is 11.6 Å². The molecule has 0 spiro atoms. The van der Waals surface area contributed by atoms with Gasteiger partial charge in [-0.3, -0.25) is 4.90 Å². The summed E-state index contributed by atoms with van der Waals surface area (Å²) in [4.78, 5) is 2.34. The highest BCUT2D eigenvalue weighted by Gasteiger charge is 2.17. The Kier molecular flexibility index (Phi) is 3.57. The fourth-order valence-electron chi connectivity index (χ4n) is 2.27. The van der Waals surface area contributed by atoms with E-state index in [1.807, 2.05) is 18.2 Å². The molecule has 6 heteroatoms. The second-order valence-electron chi connectivity index (χ2n) is 4.56. The van der Waals surface area contributed by atoms with Crippen LogP contribution < -0.4 is 0 Å². The van der Waals surface area contributed by atoms with Gasteiger partial charge in [0, 0.05) is 30.2 Å². The molecule has 0 fully saturated rings. The van der Waals surface area contributed by atoms with Crippen molar-refractivity contribution in [3.05, 3.63) is 46.8 Å². The Hall–Kier alpha value is -1.72. The van der Waals surface area contributed by atoms with Gasteiger partial charge in [-0.25, -0.2) is 0 Å². The van der Waals surface area contributed by atoms with Crippen molar-refractivity contribution < 1.29 is 0 Å². The second-order valence-corrected chi connectivity index (χ2v) is 4.96. The van der Waals surface area contributed by atoms with Crippen molar-refractivity contribution in [3.63, 3.8) is 0 Å². The number of aromatic nitrogens is 4. The first-order valence-electron chi connectivity index (χ1n) is 6.21. The molecule has 0 radical (unpaired) electrons. The van der Waals surface area contributed by atoms with E-state index in [1.165, 1.54) is 0 Å². The number of H-pyrrole nitrogens is 1. The van der Waals surface area contributed by atoms with Crippen molar-refractivity contribution in [2.75, 3.05) is 13.1 Å². The molecule has 1 aliphatic heterocycles. The van der Waals surface area contributed by atoms with E-state index in [9.17, 15) is 0 Å². The molecule has 98 valence electrons. The van der Waals surface area contributed by atoms with Crippen LogP contribution in [-0.2, 0) is 6.54 Å². The molecule has 19 heavy (non-hydrogen) atoms. The molecule has 2 aromatic rings. The second kappa shape index (κ2) is 5.50. The smallest absolute Gasteiger partial charge is 0.201 e. The molecule has 0 atom stereocenters. The highest BCUT2D eigenvalue weighted by molar-refractivity contribution is 6.31. The molecule has 1 aromatic carbocycles. The number of aromatic amines is 1. The lowest BCUT2D eigenvalue weighted by molar-refractivity contribution is 0.296. The van der Waals surface area contributed by atoms with Gasteiger partial charge >= 0.3 is 0 Å². The van der Waals surface area contributed by atoms with E-state index >= 15 is 0 Å². The first kappa shape index (κ1) is 12.3. The summed E-state index contributed by atoms with van der Waals surface area (Å²) in [6, 6.07) is 7.96. The van der Waals surface area contributed by atoms with Crippen molar-refractivity contribution in [1.29, 1.82) is 0 Å². The van der Waals surface area contributed by atoms with Gasteiger partial charge < -0.3 is 0 Å². The summed E-state index contributed by atoms with van der Waals surface area (Å²) in [5.41, 5.74) is 2.27. The summed E-state index contributed by atoms with van der Waals surface area (Å²) in [6.45, 7) is 2.69. The lowest BCUT2D eigenvalue weighted by Gasteiger charge is -2.26. The lowest BCUT2D eigenvalue weighted by Crippen LogP contribution is -2.29. The number of hydrogen-bond acceptors (Lipinski definition) is 4. The van der Waals surface area contributed by atoms with Crippen LogP contribution in [0, 0.1) is 0 Å². The maximum atomic E-state index is 6.20. The van der Waals surface area contributed by atoms with Crippen LogP contribution in [0.15, 0.2) is 30.3 Å². The Morgan fingerprint density at radius 2 is 2.21 bits per heavy atom. The quantitative estimate of drug-likeness (QED) is 0.932. The van der Waals surface area contributed by atoms with Crippen molar-refractivity contribution >= 4 is 17.2 Å². The molecule has 0 amide bonds. The minimum atomic E-state index is 0.684. The number of halogens is 1. The van der Waals surface area contributed by atoms with Crippen molar-refractivity contribution in [3.8, 4) is 0 Å². The van der Waals surface area contributed by atoms with Crippen LogP contribution in [0.4, 0.5) is 0 Å². The summed E-state index contributed by atoms with van der Waals surface area (Å²) in [7, 11) is 0. The van der Waals surface area contributed by atoms with E-state index in [-0.39, 0.29) is 0 Å². The Balaban J connectivity index is 1.71. The molecule has 0 bridgehead atoms. The van der Waals surface area contributed by atoms with Gasteiger partial charge in [-0.1, -0.05) is 35.9 Å². The topological polar surface area (TPSA) is 57.7 Å². The molecular formula is C13H14ClN5. The molecule has 0 saturated heterocycles. The van der Waals surface area contributed by atoms with Gasteiger partial charge in [-0.2, -0.15) is 5.21 Å². The van der Waals surface area contributed by atoms with Gasteiger partial charge in [0.25, 0.3) is 0 Å². The van der Waals surface area contributed by atoms with Gasteiger partial charge in [0.15, 0.2) is 0 Å². The van der Waals surface area contributed by atoms with Crippen molar-refractivity contribution in [1.82, 2.24) is 25.5 Å². The first-order valence-corrected chi connectivity index (χ1v) is 6.59. The van der Waals surface area contributed by atoms with Crippen LogP contribution in [0.1, 0.15) is 17.8 Å². The SMILES string of the molecule is Clc1ccccc1CN1CCC=C(c2nn[nH]n2)C1. The fraction of sp³-hybridized carbons (Fsp3) is 0.308. The van der Waals surface area contributed by atoms with E-state index in [2.05, 4.69) is 37.7 Å². The molecule has 2 heterocycles. The minimum absolute atomic E-state index is 0.684. The molecule has 1 N–H and O–H groups in total. The largest absolute Gasteiger partial charge is 0.294 e. The molecule has 0 aliphatic carbocycles. The maximum absolute atomic E-state index is 6.20. The molecular weight excluding hydrogens is 262 g/mol. The number of nitrogens with zero attached hydrogens (tertiary/aromatic N) is 4. The monoisotopic (exact) mass is 275 g/mol. The molecule has 1 aromatic heterocycles. The van der Waals surface area contributed by atoms with E-state index in [1.54, 1.807) is 0 Å². The zero-order valence-electron chi connectivity index (χ0n) is 10.4. The zero-order valence-corrected chi connectivity index (χ0v) is 11.1. The third kappa shape index (κ3) is 2.83. The zero-order chi connectivity index (χ0) is 13.1. The van der Waals surface area contributed by atoms with Gasteiger partial charge in [-0.15, -0.1) is 10.2 Å². The predicted molar refractivity (Wildman–Crippen MR) is 73.5 cm³/mol. The van der Waals surface area contributed by atoms with Crippen LogP contribution in [0.25, 0.3) is 5.57 Å². The Morgan fingerprint density at radius 3 is 3.00 bits per heavy atom. The van der Waals surface area contributed by atoms with Crippen LogP contribution in [0.2, 0.25) is 5.02 Å². The molecule has 0 unspecified atom stereocenters. The third-order valence-corrected chi connectivity index (χ3v) is 3.58. The van der Waals surface area contributed by atoms with Gasteiger partial charge in [-0.05, 0) is 23.3 Å². The highest BCUT2D eigenvalue weighted by atomic mass is 35.5. The Bertz CT molecular complexity index is 578. The number of benzene rings is 1. The average molecular weight is 276 g/mol. The van der Waals surface area contributed by atoms with Crippen LogP contribution in [-0.4, -0.2) is 38.6 Å². The third-order valence-electron chi connectivity index (χ3n) is 3.21. The van der Waals surface area contributed by atoms with Crippen LogP contribution in [0.5, 0.6) is 0 Å². The molecule has 1 aliphatic rings.